The summed E-state index contributed by atoms with van der Waals surface area (Å²) in [5, 5.41) is 0.432. The maximum atomic E-state index is 11.5. The van der Waals surface area contributed by atoms with Crippen LogP contribution in [0.15, 0.2) is 11.1 Å². The summed E-state index contributed by atoms with van der Waals surface area (Å²) >= 11 is 12.3. The summed E-state index contributed by atoms with van der Waals surface area (Å²) in [6.07, 6.45) is 5.53. The summed E-state index contributed by atoms with van der Waals surface area (Å²) in [6.45, 7) is 0. The number of hydrogen-bond donors (Lipinski definition) is 1. The van der Waals surface area contributed by atoms with Crippen molar-refractivity contribution in [2.24, 2.45) is 0 Å². The monoisotopic (exact) mass is 273 g/mol. The Labute approximate surface area is 109 Å². The van der Waals surface area contributed by atoms with Gasteiger partial charge in [-0.2, -0.15) is 0 Å². The molecule has 0 radical (unpaired) electrons. The lowest BCUT2D eigenvalue weighted by atomic mass is 10.0. The number of nitrogens with zero attached hydrogens (tertiary/aromatic N) is 2. The second kappa shape index (κ2) is 4.18. The van der Waals surface area contributed by atoms with Gasteiger partial charge in [-0.05, 0) is 25.7 Å². The van der Waals surface area contributed by atoms with Crippen molar-refractivity contribution in [1.82, 2.24) is 9.97 Å². The van der Waals surface area contributed by atoms with Crippen LogP contribution in [0, 0.1) is 0 Å². The van der Waals surface area contributed by atoms with Crippen molar-refractivity contribution >= 4 is 29.0 Å². The molecule has 3 rings (SSSR count). The van der Waals surface area contributed by atoms with Crippen molar-refractivity contribution in [2.75, 3.05) is 4.90 Å². The number of H-pyrrole nitrogens is 1. The molecule has 4 nitrogen and oxygen atoms in total. The van der Waals surface area contributed by atoms with Gasteiger partial charge in [0.1, 0.15) is 5.02 Å². The molecule has 2 bridgehead atoms. The number of rotatable bonds is 1. The molecule has 0 amide bonds. The van der Waals surface area contributed by atoms with Gasteiger partial charge < -0.3 is 9.88 Å². The number of piperidine rings is 1. The third-order valence-corrected chi connectivity index (χ3v) is 4.40. The third kappa shape index (κ3) is 1.83. The molecule has 0 spiro atoms. The van der Waals surface area contributed by atoms with E-state index in [9.17, 15) is 4.79 Å². The molecule has 3 heterocycles. The van der Waals surface area contributed by atoms with E-state index in [1.165, 1.54) is 6.33 Å². The molecule has 2 fully saturated rings. The molecule has 17 heavy (non-hydrogen) atoms. The predicted octanol–water partition coefficient (Wildman–Crippen LogP) is 2.16. The number of halogens is 2. The van der Waals surface area contributed by atoms with E-state index in [1.807, 2.05) is 0 Å². The first kappa shape index (κ1) is 11.4. The zero-order valence-electron chi connectivity index (χ0n) is 9.20. The van der Waals surface area contributed by atoms with E-state index in [1.54, 1.807) is 0 Å². The van der Waals surface area contributed by atoms with Gasteiger partial charge in [-0.15, -0.1) is 11.6 Å². The summed E-state index contributed by atoms with van der Waals surface area (Å²) in [6, 6.07) is 0.756. The number of hydrogen-bond acceptors (Lipinski definition) is 3. The molecule has 2 aliphatic heterocycles. The zero-order valence-corrected chi connectivity index (χ0v) is 10.7. The third-order valence-electron chi connectivity index (χ3n) is 3.70. The molecule has 92 valence electrons. The zero-order chi connectivity index (χ0) is 12.0. The SMILES string of the molecule is O=c1[nH]cnc(N2C3CCC2CC(Cl)C3)c1Cl. The van der Waals surface area contributed by atoms with Gasteiger partial charge in [-0.25, -0.2) is 4.98 Å². The lowest BCUT2D eigenvalue weighted by Crippen LogP contribution is -2.44. The molecular formula is C11H13Cl2N3O. The number of nitrogens with one attached hydrogen (secondary N) is 1. The van der Waals surface area contributed by atoms with Gasteiger partial charge >= 0.3 is 0 Å². The van der Waals surface area contributed by atoms with Crippen LogP contribution in [0.2, 0.25) is 5.02 Å². The second-order valence-electron chi connectivity index (χ2n) is 4.73. The van der Waals surface area contributed by atoms with E-state index >= 15 is 0 Å². The average Bonchev–Trinajstić information content (AvgIpc) is 2.55. The summed E-state index contributed by atoms with van der Waals surface area (Å²) in [5.41, 5.74) is -0.274. The van der Waals surface area contributed by atoms with Crippen LogP contribution in [0.3, 0.4) is 0 Å². The maximum absolute atomic E-state index is 11.5. The Bertz CT molecular complexity index is 476. The highest BCUT2D eigenvalue weighted by atomic mass is 35.5. The van der Waals surface area contributed by atoms with E-state index in [0.717, 1.165) is 25.7 Å². The van der Waals surface area contributed by atoms with Gasteiger partial charge in [0.25, 0.3) is 5.56 Å². The molecule has 2 atom stereocenters. The summed E-state index contributed by atoms with van der Waals surface area (Å²) < 4.78 is 0. The van der Waals surface area contributed by atoms with Gasteiger partial charge in [0, 0.05) is 17.5 Å². The first-order valence-electron chi connectivity index (χ1n) is 5.82. The highest BCUT2D eigenvalue weighted by Gasteiger charge is 2.41. The molecule has 1 aromatic rings. The van der Waals surface area contributed by atoms with Crippen LogP contribution in [0.1, 0.15) is 25.7 Å². The van der Waals surface area contributed by atoms with Gasteiger partial charge in [-0.3, -0.25) is 4.79 Å². The van der Waals surface area contributed by atoms with Crippen molar-refractivity contribution in [2.45, 2.75) is 43.1 Å². The van der Waals surface area contributed by atoms with Crippen LogP contribution in [0.25, 0.3) is 0 Å². The summed E-state index contributed by atoms with van der Waals surface area (Å²) in [5.74, 6) is 0.617. The molecule has 1 aromatic heterocycles. The van der Waals surface area contributed by atoms with Gasteiger partial charge in [-0.1, -0.05) is 11.6 Å². The van der Waals surface area contributed by atoms with E-state index < -0.39 is 0 Å². The normalized spacial score (nSPS) is 31.9. The van der Waals surface area contributed by atoms with Gasteiger partial charge in [0.05, 0.1) is 6.33 Å². The molecule has 0 saturated carbocycles. The largest absolute Gasteiger partial charge is 0.349 e. The molecule has 1 N–H and O–H groups in total. The lowest BCUT2D eigenvalue weighted by Gasteiger charge is -2.38. The number of anilines is 1. The fraction of sp³-hybridized carbons (Fsp3) is 0.636. The quantitative estimate of drug-likeness (QED) is 0.798. The number of fused-ring (bicyclic) bond motifs is 2. The van der Waals surface area contributed by atoms with Crippen molar-refractivity contribution < 1.29 is 0 Å². The minimum absolute atomic E-state index is 0.192. The fourth-order valence-electron chi connectivity index (χ4n) is 3.01. The number of alkyl halides is 1. The van der Waals surface area contributed by atoms with Gasteiger partial charge in [0.15, 0.2) is 5.82 Å². The Morgan fingerprint density at radius 1 is 1.35 bits per heavy atom. The Kier molecular flexibility index (Phi) is 2.79. The molecule has 2 saturated heterocycles. The van der Waals surface area contributed by atoms with Crippen LogP contribution < -0.4 is 10.5 Å². The minimum atomic E-state index is -0.274. The Hall–Kier alpha value is -0.740. The van der Waals surface area contributed by atoms with E-state index in [0.29, 0.717) is 17.9 Å². The first-order chi connectivity index (χ1) is 8.16. The number of aromatic nitrogens is 2. The molecule has 0 aliphatic carbocycles. The topological polar surface area (TPSA) is 49.0 Å². The maximum Gasteiger partial charge on any atom is 0.271 e. The van der Waals surface area contributed by atoms with Crippen LogP contribution in [-0.4, -0.2) is 27.4 Å². The van der Waals surface area contributed by atoms with Crippen molar-refractivity contribution in [3.8, 4) is 0 Å². The van der Waals surface area contributed by atoms with Crippen LogP contribution in [-0.2, 0) is 0 Å². The number of aromatic amines is 1. The molecule has 2 unspecified atom stereocenters. The summed E-state index contributed by atoms with van der Waals surface area (Å²) in [4.78, 5) is 20.4. The summed E-state index contributed by atoms with van der Waals surface area (Å²) in [7, 11) is 0. The fourth-order valence-corrected chi connectivity index (χ4v) is 3.62. The Balaban J connectivity index is 2.00. The highest BCUT2D eigenvalue weighted by molar-refractivity contribution is 6.32. The van der Waals surface area contributed by atoms with E-state index in [2.05, 4.69) is 14.9 Å². The first-order valence-corrected chi connectivity index (χ1v) is 6.64. The van der Waals surface area contributed by atoms with E-state index in [-0.39, 0.29) is 16.0 Å². The molecular weight excluding hydrogens is 261 g/mol. The van der Waals surface area contributed by atoms with Crippen LogP contribution in [0.5, 0.6) is 0 Å². The minimum Gasteiger partial charge on any atom is -0.349 e. The lowest BCUT2D eigenvalue weighted by molar-refractivity contribution is 0.470. The van der Waals surface area contributed by atoms with Crippen molar-refractivity contribution in [3.05, 3.63) is 21.7 Å². The highest BCUT2D eigenvalue weighted by Crippen LogP contribution is 2.41. The standard InChI is InChI=1S/C11H13Cl2N3O/c12-6-3-7-1-2-8(4-6)16(7)10-9(13)11(17)15-5-14-10/h5-8H,1-4H2,(H,14,15,17). The van der Waals surface area contributed by atoms with Crippen LogP contribution >= 0.6 is 23.2 Å². The van der Waals surface area contributed by atoms with E-state index in [4.69, 9.17) is 23.2 Å². The van der Waals surface area contributed by atoms with Gasteiger partial charge in [0.2, 0.25) is 0 Å². The smallest absolute Gasteiger partial charge is 0.271 e. The van der Waals surface area contributed by atoms with Crippen molar-refractivity contribution in [3.63, 3.8) is 0 Å². The predicted molar refractivity (Wildman–Crippen MR) is 68.0 cm³/mol. The average molecular weight is 274 g/mol. The molecule has 6 heteroatoms. The Morgan fingerprint density at radius 2 is 2.00 bits per heavy atom. The van der Waals surface area contributed by atoms with Crippen molar-refractivity contribution in [1.29, 1.82) is 0 Å². The molecule has 2 aliphatic rings. The second-order valence-corrected chi connectivity index (χ2v) is 5.73. The Morgan fingerprint density at radius 3 is 2.65 bits per heavy atom. The molecule has 0 aromatic carbocycles. The van der Waals surface area contributed by atoms with Crippen LogP contribution in [0.4, 0.5) is 5.82 Å².